The van der Waals surface area contributed by atoms with Gasteiger partial charge < -0.3 is 18.6 Å². The molecule has 2 aromatic rings. The molecule has 0 aliphatic carbocycles. The zero-order valence-electron chi connectivity index (χ0n) is 16.4. The van der Waals surface area contributed by atoms with E-state index < -0.39 is 17.1 Å². The minimum atomic E-state index is -0.635. The summed E-state index contributed by atoms with van der Waals surface area (Å²) in [6.45, 7) is 2.25. The van der Waals surface area contributed by atoms with E-state index in [1.807, 2.05) is 6.92 Å². The third-order valence-electron chi connectivity index (χ3n) is 4.11. The number of nitrogens with zero attached hydrogens (tertiary/aromatic N) is 1. The van der Waals surface area contributed by atoms with Crippen molar-refractivity contribution in [2.24, 2.45) is 0 Å². The number of ether oxygens (including phenoxy) is 3. The molecular weight excluding hydrogens is 478 g/mol. The molecule has 0 spiro atoms. The summed E-state index contributed by atoms with van der Waals surface area (Å²) in [4.78, 5) is 37.9. The molecule has 0 atom stereocenters. The first-order valence-corrected chi connectivity index (χ1v) is 10.4. The number of imide groups is 1. The Balaban J connectivity index is 1.83. The molecule has 1 saturated heterocycles. The lowest BCUT2D eigenvalue weighted by atomic mass is 10.2. The van der Waals surface area contributed by atoms with Gasteiger partial charge in [0, 0.05) is 4.47 Å². The molecule has 8 nitrogen and oxygen atoms in total. The van der Waals surface area contributed by atoms with E-state index in [1.165, 1.54) is 26.4 Å². The van der Waals surface area contributed by atoms with E-state index in [9.17, 15) is 14.4 Å². The second-order valence-electron chi connectivity index (χ2n) is 5.98. The summed E-state index contributed by atoms with van der Waals surface area (Å²) in [6, 6.07) is 6.42. The van der Waals surface area contributed by atoms with E-state index in [2.05, 4.69) is 20.7 Å². The zero-order chi connectivity index (χ0) is 21.8. The first-order chi connectivity index (χ1) is 14.4. The quantitative estimate of drug-likeness (QED) is 0.409. The molecule has 0 saturated carbocycles. The largest absolute Gasteiger partial charge is 0.493 e. The van der Waals surface area contributed by atoms with Crippen molar-refractivity contribution in [1.29, 1.82) is 0 Å². The predicted octanol–water partition coefficient (Wildman–Crippen LogP) is 4.47. The van der Waals surface area contributed by atoms with Gasteiger partial charge in [-0.25, -0.2) is 4.79 Å². The zero-order valence-corrected chi connectivity index (χ0v) is 18.8. The SMILES string of the molecule is CCOc1cc(Br)c(/C=C2/SC(=O)N(Cc3ccc(C(=O)OC)o3)C2=O)cc1OC. The number of amides is 2. The minimum Gasteiger partial charge on any atom is -0.493 e. The minimum absolute atomic E-state index is 0.000395. The molecule has 1 aliphatic rings. The standard InChI is InChI=1S/C20H18BrNO7S/c1-4-28-16-9-13(21)11(7-15(16)26-2)8-17-18(23)22(20(25)30-17)10-12-5-6-14(29-12)19(24)27-3/h5-9H,4,10H2,1-3H3/b17-8+. The topological polar surface area (TPSA) is 95.3 Å². The molecule has 3 rings (SSSR count). The number of benzene rings is 1. The van der Waals surface area contributed by atoms with Gasteiger partial charge in [-0.3, -0.25) is 14.5 Å². The highest BCUT2D eigenvalue weighted by Crippen LogP contribution is 2.38. The van der Waals surface area contributed by atoms with Crippen molar-refractivity contribution in [2.45, 2.75) is 13.5 Å². The number of hydrogen-bond donors (Lipinski definition) is 0. The smallest absolute Gasteiger partial charge is 0.373 e. The van der Waals surface area contributed by atoms with Crippen LogP contribution in [-0.2, 0) is 16.1 Å². The summed E-state index contributed by atoms with van der Waals surface area (Å²) in [5.74, 6) is 0.279. The van der Waals surface area contributed by atoms with Gasteiger partial charge in [-0.05, 0) is 54.6 Å². The number of rotatable bonds is 7. The Kier molecular flexibility index (Phi) is 6.88. The lowest BCUT2D eigenvalue weighted by Crippen LogP contribution is -2.27. The Morgan fingerprint density at radius 3 is 2.67 bits per heavy atom. The van der Waals surface area contributed by atoms with Gasteiger partial charge in [0.1, 0.15) is 5.76 Å². The van der Waals surface area contributed by atoms with Crippen LogP contribution in [0.2, 0.25) is 0 Å². The number of thioether (sulfide) groups is 1. The number of hydrogen-bond acceptors (Lipinski definition) is 8. The van der Waals surface area contributed by atoms with E-state index in [4.69, 9.17) is 13.9 Å². The summed E-state index contributed by atoms with van der Waals surface area (Å²) >= 11 is 4.28. The highest BCUT2D eigenvalue weighted by molar-refractivity contribution is 9.10. The van der Waals surface area contributed by atoms with Crippen LogP contribution in [0.4, 0.5) is 4.79 Å². The van der Waals surface area contributed by atoms with Crippen molar-refractivity contribution < 1.29 is 33.0 Å². The summed E-state index contributed by atoms with van der Waals surface area (Å²) < 4.78 is 21.5. The van der Waals surface area contributed by atoms with Crippen LogP contribution in [0, 0.1) is 0 Å². The Labute approximate surface area is 185 Å². The van der Waals surface area contributed by atoms with Gasteiger partial charge >= 0.3 is 5.97 Å². The van der Waals surface area contributed by atoms with Crippen molar-refractivity contribution in [3.8, 4) is 11.5 Å². The van der Waals surface area contributed by atoms with Gasteiger partial charge in [-0.2, -0.15) is 0 Å². The van der Waals surface area contributed by atoms with Gasteiger partial charge in [-0.15, -0.1) is 0 Å². The van der Waals surface area contributed by atoms with Crippen molar-refractivity contribution in [2.75, 3.05) is 20.8 Å². The third-order valence-corrected chi connectivity index (χ3v) is 5.70. The monoisotopic (exact) mass is 495 g/mol. The van der Waals surface area contributed by atoms with Gasteiger partial charge in [0.05, 0.1) is 32.3 Å². The number of halogens is 1. The number of carbonyl (C=O) groups excluding carboxylic acids is 3. The lowest BCUT2D eigenvalue weighted by molar-refractivity contribution is -0.123. The van der Waals surface area contributed by atoms with E-state index >= 15 is 0 Å². The third kappa shape index (κ3) is 4.54. The van der Waals surface area contributed by atoms with Crippen LogP contribution in [0.3, 0.4) is 0 Å². The fourth-order valence-corrected chi connectivity index (χ4v) is 3.96. The van der Waals surface area contributed by atoms with Crippen LogP contribution in [0.25, 0.3) is 6.08 Å². The Morgan fingerprint density at radius 2 is 2.00 bits per heavy atom. The van der Waals surface area contributed by atoms with Crippen LogP contribution in [0.5, 0.6) is 11.5 Å². The maximum absolute atomic E-state index is 12.8. The van der Waals surface area contributed by atoms with Crippen molar-refractivity contribution >= 4 is 50.9 Å². The molecule has 1 fully saturated rings. The molecule has 0 N–H and O–H groups in total. The maximum Gasteiger partial charge on any atom is 0.373 e. The molecule has 30 heavy (non-hydrogen) atoms. The second-order valence-corrected chi connectivity index (χ2v) is 7.83. The fourth-order valence-electron chi connectivity index (χ4n) is 2.70. The number of methoxy groups -OCH3 is 2. The molecule has 10 heteroatoms. The van der Waals surface area contributed by atoms with Gasteiger partial charge in [0.15, 0.2) is 11.5 Å². The molecular formula is C20H18BrNO7S. The molecule has 1 aromatic heterocycles. The lowest BCUT2D eigenvalue weighted by Gasteiger charge is -2.12. The molecule has 0 radical (unpaired) electrons. The highest BCUT2D eigenvalue weighted by Gasteiger charge is 2.36. The van der Waals surface area contributed by atoms with Gasteiger partial charge in [0.25, 0.3) is 11.1 Å². The molecule has 2 heterocycles. The Bertz CT molecular complexity index is 1030. The molecule has 0 unspecified atom stereocenters. The number of furan rings is 1. The van der Waals surface area contributed by atoms with E-state index in [-0.39, 0.29) is 17.2 Å². The van der Waals surface area contributed by atoms with E-state index in [1.54, 1.807) is 18.2 Å². The molecule has 1 aliphatic heterocycles. The fraction of sp³-hybridized carbons (Fsp3) is 0.250. The molecule has 1 aromatic carbocycles. The highest BCUT2D eigenvalue weighted by atomic mass is 79.9. The van der Waals surface area contributed by atoms with Crippen molar-refractivity contribution in [3.63, 3.8) is 0 Å². The van der Waals surface area contributed by atoms with Crippen molar-refractivity contribution in [3.05, 3.63) is 50.7 Å². The van der Waals surface area contributed by atoms with Crippen LogP contribution < -0.4 is 9.47 Å². The van der Waals surface area contributed by atoms with Gasteiger partial charge in [-0.1, -0.05) is 15.9 Å². The van der Waals surface area contributed by atoms with Crippen molar-refractivity contribution in [1.82, 2.24) is 4.90 Å². The molecule has 2 amide bonds. The number of carbonyl (C=O) groups is 3. The van der Waals surface area contributed by atoms with Crippen LogP contribution in [0.15, 0.2) is 38.1 Å². The molecule has 158 valence electrons. The second kappa shape index (κ2) is 9.40. The first-order valence-electron chi connectivity index (χ1n) is 8.80. The normalized spacial score (nSPS) is 15.1. The summed E-state index contributed by atoms with van der Waals surface area (Å²) in [5, 5.41) is -0.434. The Morgan fingerprint density at radius 1 is 1.23 bits per heavy atom. The maximum atomic E-state index is 12.8. The number of esters is 1. The predicted molar refractivity (Wildman–Crippen MR) is 113 cm³/mol. The van der Waals surface area contributed by atoms with E-state index in [0.29, 0.717) is 33.9 Å². The van der Waals surface area contributed by atoms with E-state index in [0.717, 1.165) is 16.7 Å². The molecule has 0 bridgehead atoms. The average Bonchev–Trinajstić information content (AvgIpc) is 3.30. The van der Waals surface area contributed by atoms with Crippen LogP contribution in [-0.4, -0.2) is 42.8 Å². The van der Waals surface area contributed by atoms with Crippen LogP contribution >= 0.6 is 27.7 Å². The summed E-state index contributed by atoms with van der Waals surface area (Å²) in [5.41, 5.74) is 0.659. The van der Waals surface area contributed by atoms with Gasteiger partial charge in [0.2, 0.25) is 5.76 Å². The summed E-state index contributed by atoms with van der Waals surface area (Å²) in [7, 11) is 2.76. The Hall–Kier alpha value is -2.72. The summed E-state index contributed by atoms with van der Waals surface area (Å²) in [6.07, 6.45) is 1.61. The first kappa shape index (κ1) is 22.0. The average molecular weight is 496 g/mol. The van der Waals surface area contributed by atoms with Crippen LogP contribution in [0.1, 0.15) is 28.8 Å².